The number of likely N-dealkylation sites (tertiary alicyclic amines) is 1. The maximum atomic E-state index is 13.1. The summed E-state index contributed by atoms with van der Waals surface area (Å²) in [7, 11) is 4.20. The first-order valence-corrected chi connectivity index (χ1v) is 14.8. The maximum absolute atomic E-state index is 13.1. The summed E-state index contributed by atoms with van der Waals surface area (Å²) in [4.78, 5) is 12.0. The van der Waals surface area contributed by atoms with Crippen LogP contribution in [0.5, 0.6) is 0 Å². The molecule has 0 amide bonds. The second-order valence-corrected chi connectivity index (χ2v) is 9.92. The average Bonchev–Trinajstić information content (AvgIpc) is 3.38. The van der Waals surface area contributed by atoms with Crippen LogP contribution in [0.1, 0.15) is 85.9 Å². The van der Waals surface area contributed by atoms with E-state index in [1.54, 1.807) is 6.07 Å². The van der Waals surface area contributed by atoms with E-state index in [9.17, 15) is 4.39 Å². The van der Waals surface area contributed by atoms with Crippen LogP contribution in [0.2, 0.25) is 0 Å². The van der Waals surface area contributed by atoms with Gasteiger partial charge in [-0.1, -0.05) is 65.0 Å². The number of nitrogens with zero attached hydrogens (tertiary/aromatic N) is 3. The van der Waals surface area contributed by atoms with Crippen LogP contribution in [0, 0.1) is 11.7 Å². The van der Waals surface area contributed by atoms with E-state index in [4.69, 9.17) is 0 Å². The molecule has 1 aliphatic rings. The monoisotopic (exact) mass is 545 g/mol. The number of rotatable bonds is 9. The average molecular weight is 546 g/mol. The van der Waals surface area contributed by atoms with Crippen molar-refractivity contribution in [2.24, 2.45) is 11.7 Å². The summed E-state index contributed by atoms with van der Waals surface area (Å²) in [5, 5.41) is 0. The van der Waals surface area contributed by atoms with Crippen LogP contribution >= 0.6 is 0 Å². The highest BCUT2D eigenvalue weighted by atomic mass is 19.1. The fraction of sp³-hybridized carbons (Fsp3) is 0.606. The van der Waals surface area contributed by atoms with Crippen molar-refractivity contribution in [1.82, 2.24) is 19.8 Å². The van der Waals surface area contributed by atoms with Crippen LogP contribution in [0.4, 0.5) is 4.39 Å². The lowest BCUT2D eigenvalue weighted by Gasteiger charge is -2.31. The van der Waals surface area contributed by atoms with Gasteiger partial charge in [-0.05, 0) is 104 Å². The highest BCUT2D eigenvalue weighted by Crippen LogP contribution is 2.18. The molecule has 5 nitrogen and oxygen atoms in total. The molecule has 2 heterocycles. The second kappa shape index (κ2) is 24.6. The Balaban J connectivity index is 0. The minimum absolute atomic E-state index is 0.261. The van der Waals surface area contributed by atoms with E-state index in [0.29, 0.717) is 11.4 Å². The van der Waals surface area contributed by atoms with Crippen LogP contribution in [-0.4, -0.2) is 59.5 Å². The van der Waals surface area contributed by atoms with Crippen molar-refractivity contribution in [3.63, 3.8) is 0 Å². The van der Waals surface area contributed by atoms with Gasteiger partial charge in [0.25, 0.3) is 0 Å². The SMILES string of the molecule is C=CCC(CCN(C)C)C(=C)C.C=CN.CC.CCC(C)N1CCCCC1.CCc1nc2c(F)cccc2[nH]1. The number of imidazole rings is 1. The van der Waals surface area contributed by atoms with E-state index in [1.165, 1.54) is 63.0 Å². The Kier molecular flexibility index (Phi) is 24.4. The molecule has 2 atom stereocenters. The number of H-pyrrole nitrogens is 1. The molecule has 0 aliphatic carbocycles. The van der Waals surface area contributed by atoms with Gasteiger partial charge in [0, 0.05) is 12.5 Å². The van der Waals surface area contributed by atoms with Gasteiger partial charge < -0.3 is 20.5 Å². The van der Waals surface area contributed by atoms with E-state index in [-0.39, 0.29) is 5.82 Å². The molecule has 0 spiro atoms. The standard InChI is InChI=1S/C11H21N.C9H9FN2.C9H19N.C2H5N.C2H6/c1-6-7-11(10(2)3)8-9-12(4)5;1-2-8-11-7-5-3-4-6(10)9(7)12-8;1-3-9(2)10-7-5-4-6-8-10;1-2-3;1-2/h6,11H,1-2,7-9H2,3-5H3;3-5H,2H2,1H3,(H,11,12);9H,3-8H2,1-2H3;2H,1,3H2;1-2H3. The minimum Gasteiger partial charge on any atom is -0.405 e. The summed E-state index contributed by atoms with van der Waals surface area (Å²) in [5.41, 5.74) is 7.10. The predicted molar refractivity (Wildman–Crippen MR) is 173 cm³/mol. The Labute approximate surface area is 240 Å². The number of piperidine rings is 1. The number of halogens is 1. The number of aromatic amines is 1. The van der Waals surface area contributed by atoms with Crippen molar-refractivity contribution < 1.29 is 4.39 Å². The van der Waals surface area contributed by atoms with Gasteiger partial charge in [0.2, 0.25) is 0 Å². The normalized spacial score (nSPS) is 14.1. The molecule has 2 unspecified atom stereocenters. The number of benzene rings is 1. The lowest BCUT2D eigenvalue weighted by Crippen LogP contribution is -2.36. The molecule has 6 heteroatoms. The van der Waals surface area contributed by atoms with Gasteiger partial charge in [0.1, 0.15) is 11.3 Å². The number of aromatic nitrogens is 2. The van der Waals surface area contributed by atoms with Crippen molar-refractivity contribution in [2.45, 2.75) is 92.5 Å². The van der Waals surface area contributed by atoms with Crippen molar-refractivity contribution in [2.75, 3.05) is 33.7 Å². The van der Waals surface area contributed by atoms with Crippen LogP contribution in [-0.2, 0) is 6.42 Å². The molecule has 1 saturated heterocycles. The second-order valence-electron chi connectivity index (χ2n) is 9.92. The molecule has 1 fully saturated rings. The minimum atomic E-state index is -0.261. The predicted octanol–water partition coefficient (Wildman–Crippen LogP) is 8.36. The quantitative estimate of drug-likeness (QED) is 0.311. The summed E-state index contributed by atoms with van der Waals surface area (Å²) >= 11 is 0. The van der Waals surface area contributed by atoms with Crippen LogP contribution in [0.3, 0.4) is 0 Å². The summed E-state index contributed by atoms with van der Waals surface area (Å²) in [5.74, 6) is 1.18. The van der Waals surface area contributed by atoms with Gasteiger partial charge >= 0.3 is 0 Å². The Morgan fingerprint density at radius 2 is 1.77 bits per heavy atom. The van der Waals surface area contributed by atoms with Crippen molar-refractivity contribution in [3.8, 4) is 0 Å². The summed E-state index contributed by atoms with van der Waals surface area (Å²) < 4.78 is 13.1. The Bertz CT molecular complexity index is 883. The first-order chi connectivity index (χ1) is 18.6. The zero-order chi connectivity index (χ0) is 30.2. The Morgan fingerprint density at radius 1 is 1.18 bits per heavy atom. The lowest BCUT2D eigenvalue weighted by molar-refractivity contribution is 0.170. The fourth-order valence-corrected chi connectivity index (χ4v) is 4.01. The number of hydrogen-bond acceptors (Lipinski definition) is 4. The van der Waals surface area contributed by atoms with Crippen molar-refractivity contribution in [1.29, 1.82) is 0 Å². The zero-order valence-electron chi connectivity index (χ0n) is 26.5. The molecular weight excluding hydrogens is 485 g/mol. The van der Waals surface area contributed by atoms with Crippen LogP contribution < -0.4 is 5.73 Å². The topological polar surface area (TPSA) is 61.2 Å². The molecule has 1 aliphatic heterocycles. The molecule has 1 aromatic carbocycles. The molecule has 0 saturated carbocycles. The van der Waals surface area contributed by atoms with Crippen molar-refractivity contribution in [3.05, 3.63) is 67.4 Å². The number of hydrogen-bond donors (Lipinski definition) is 2. The van der Waals surface area contributed by atoms with Gasteiger partial charge in [-0.15, -0.1) is 6.58 Å². The maximum Gasteiger partial charge on any atom is 0.151 e. The van der Waals surface area contributed by atoms with E-state index in [1.807, 2.05) is 32.9 Å². The molecule has 0 radical (unpaired) electrons. The first-order valence-electron chi connectivity index (χ1n) is 14.8. The Hall–Kier alpha value is -2.44. The van der Waals surface area contributed by atoms with Gasteiger partial charge in [-0.3, -0.25) is 0 Å². The van der Waals surface area contributed by atoms with E-state index >= 15 is 0 Å². The number of fused-ring (bicyclic) bond motifs is 1. The Morgan fingerprint density at radius 3 is 2.21 bits per heavy atom. The molecular formula is C33H60FN5. The largest absolute Gasteiger partial charge is 0.405 e. The molecule has 224 valence electrons. The summed E-state index contributed by atoms with van der Waals surface area (Å²) in [6.07, 6.45) is 11.9. The van der Waals surface area contributed by atoms with Gasteiger partial charge in [0.15, 0.2) is 5.82 Å². The van der Waals surface area contributed by atoms with Crippen LogP contribution in [0.15, 0.2) is 55.8 Å². The smallest absolute Gasteiger partial charge is 0.151 e. The molecule has 3 N–H and O–H groups in total. The number of allylic oxidation sites excluding steroid dienone is 2. The third-order valence-corrected chi connectivity index (χ3v) is 6.53. The number of para-hydroxylation sites is 1. The molecule has 2 aromatic rings. The molecule has 1 aromatic heterocycles. The third-order valence-electron chi connectivity index (χ3n) is 6.53. The zero-order valence-corrected chi connectivity index (χ0v) is 26.5. The van der Waals surface area contributed by atoms with E-state index in [2.05, 4.69) is 80.1 Å². The lowest BCUT2D eigenvalue weighted by atomic mass is 9.94. The van der Waals surface area contributed by atoms with Crippen LogP contribution in [0.25, 0.3) is 11.0 Å². The number of aryl methyl sites for hydroxylation is 1. The fourth-order valence-electron chi connectivity index (χ4n) is 4.01. The van der Waals surface area contributed by atoms with Gasteiger partial charge in [-0.2, -0.15) is 0 Å². The highest BCUT2D eigenvalue weighted by molar-refractivity contribution is 5.75. The highest BCUT2D eigenvalue weighted by Gasteiger charge is 2.14. The first kappa shape index (κ1) is 38.7. The number of nitrogens with two attached hydrogens (primary N) is 1. The molecule has 0 bridgehead atoms. The summed E-state index contributed by atoms with van der Waals surface area (Å²) in [6.45, 7) is 27.4. The van der Waals surface area contributed by atoms with E-state index in [0.717, 1.165) is 36.8 Å². The molecule has 3 rings (SSSR count). The molecule has 39 heavy (non-hydrogen) atoms. The van der Waals surface area contributed by atoms with E-state index < -0.39 is 0 Å². The number of nitrogens with one attached hydrogen (secondary N) is 1. The van der Waals surface area contributed by atoms with Crippen molar-refractivity contribution >= 4 is 11.0 Å². The van der Waals surface area contributed by atoms with Gasteiger partial charge in [0.05, 0.1) is 5.52 Å². The third kappa shape index (κ3) is 17.7. The van der Waals surface area contributed by atoms with Gasteiger partial charge in [-0.25, -0.2) is 9.37 Å². The summed E-state index contributed by atoms with van der Waals surface area (Å²) in [6, 6.07) is 5.74.